The molecule has 2 aromatic heterocycles. The first-order valence-corrected chi connectivity index (χ1v) is 5.90. The van der Waals surface area contributed by atoms with E-state index in [9.17, 15) is 9.59 Å². The molecule has 0 fully saturated rings. The van der Waals surface area contributed by atoms with Crippen molar-refractivity contribution in [3.63, 3.8) is 0 Å². The fourth-order valence-corrected chi connectivity index (χ4v) is 1.78. The average Bonchev–Trinajstić information content (AvgIpc) is 2.65. The van der Waals surface area contributed by atoms with Gasteiger partial charge in [-0.25, -0.2) is 4.79 Å². The number of ether oxygens (including phenoxy) is 1. The first-order valence-electron chi connectivity index (χ1n) is 5.90. The van der Waals surface area contributed by atoms with E-state index in [1.165, 1.54) is 6.07 Å². The molecule has 0 bridgehead atoms. The number of furan rings is 1. The number of aromatic nitrogens is 1. The van der Waals surface area contributed by atoms with E-state index in [4.69, 9.17) is 9.15 Å². The van der Waals surface area contributed by atoms with Gasteiger partial charge in [0, 0.05) is 11.3 Å². The highest BCUT2D eigenvalue weighted by Crippen LogP contribution is 2.15. The number of carbonyl (C=O) groups excluding carboxylic acids is 1. The molecule has 19 heavy (non-hydrogen) atoms. The maximum absolute atomic E-state index is 11.8. The Morgan fingerprint density at radius 3 is 2.63 bits per heavy atom. The molecule has 0 aromatic carbocycles. The number of esters is 1. The molecule has 0 atom stereocenters. The topological polar surface area (TPSA) is 72.3 Å². The summed E-state index contributed by atoms with van der Waals surface area (Å²) in [5.41, 5.74) is 1.06. The van der Waals surface area contributed by atoms with Gasteiger partial charge in [0.05, 0.1) is 0 Å². The van der Waals surface area contributed by atoms with Gasteiger partial charge in [-0.05, 0) is 39.0 Å². The van der Waals surface area contributed by atoms with Gasteiger partial charge in [-0.1, -0.05) is 0 Å². The molecule has 2 rings (SSSR count). The number of aryl methyl sites for hydroxylation is 3. The third kappa shape index (κ3) is 2.93. The maximum Gasteiger partial charge on any atom is 0.344 e. The summed E-state index contributed by atoms with van der Waals surface area (Å²) in [5.74, 6) is 0.833. The third-order valence-corrected chi connectivity index (χ3v) is 2.78. The third-order valence-electron chi connectivity index (χ3n) is 2.78. The number of hydrogen-bond donors (Lipinski definition) is 1. The van der Waals surface area contributed by atoms with Crippen LogP contribution >= 0.6 is 0 Å². The number of pyridine rings is 1. The van der Waals surface area contributed by atoms with Crippen LogP contribution in [0.2, 0.25) is 0 Å². The van der Waals surface area contributed by atoms with Gasteiger partial charge < -0.3 is 14.1 Å². The van der Waals surface area contributed by atoms with Crippen molar-refractivity contribution in [3.05, 3.63) is 56.9 Å². The van der Waals surface area contributed by atoms with E-state index in [1.54, 1.807) is 19.9 Å². The Hall–Kier alpha value is -2.30. The van der Waals surface area contributed by atoms with Crippen molar-refractivity contribution in [3.8, 4) is 0 Å². The molecule has 0 saturated heterocycles. The highest BCUT2D eigenvalue weighted by molar-refractivity contribution is 5.88. The lowest BCUT2D eigenvalue weighted by Crippen LogP contribution is -2.19. The van der Waals surface area contributed by atoms with Gasteiger partial charge in [0.15, 0.2) is 0 Å². The van der Waals surface area contributed by atoms with Crippen LogP contribution in [0.15, 0.2) is 27.4 Å². The van der Waals surface area contributed by atoms with Gasteiger partial charge in [0.25, 0.3) is 5.56 Å². The van der Waals surface area contributed by atoms with Gasteiger partial charge >= 0.3 is 5.97 Å². The van der Waals surface area contributed by atoms with E-state index in [-0.39, 0.29) is 12.2 Å². The minimum atomic E-state index is -0.639. The molecule has 2 aromatic rings. The van der Waals surface area contributed by atoms with Gasteiger partial charge in [-0.3, -0.25) is 4.79 Å². The molecule has 0 unspecified atom stereocenters. The summed E-state index contributed by atoms with van der Waals surface area (Å²) in [4.78, 5) is 25.9. The van der Waals surface area contributed by atoms with Crippen molar-refractivity contribution in [1.82, 2.24) is 4.98 Å². The maximum atomic E-state index is 11.8. The number of rotatable bonds is 3. The number of aromatic amines is 1. The van der Waals surface area contributed by atoms with Gasteiger partial charge in [-0.15, -0.1) is 0 Å². The van der Waals surface area contributed by atoms with Gasteiger partial charge in [0.1, 0.15) is 23.7 Å². The molecule has 1 N–H and O–H groups in total. The van der Waals surface area contributed by atoms with Crippen molar-refractivity contribution in [2.75, 3.05) is 0 Å². The molecule has 0 aliphatic heterocycles. The van der Waals surface area contributed by atoms with Crippen LogP contribution in [0.1, 0.15) is 33.1 Å². The van der Waals surface area contributed by atoms with E-state index in [2.05, 4.69) is 4.98 Å². The van der Waals surface area contributed by atoms with Crippen LogP contribution in [0.4, 0.5) is 0 Å². The molecule has 0 aliphatic carbocycles. The van der Waals surface area contributed by atoms with Crippen LogP contribution in [-0.2, 0) is 11.3 Å². The summed E-state index contributed by atoms with van der Waals surface area (Å²) in [6.07, 6.45) is 0. The zero-order valence-corrected chi connectivity index (χ0v) is 11.1. The van der Waals surface area contributed by atoms with Crippen LogP contribution in [0.25, 0.3) is 0 Å². The SMILES string of the molecule is Cc1ccc(C(=O)OCc2cc(C)oc2C)c(=O)[nH]1. The lowest BCUT2D eigenvalue weighted by molar-refractivity contribution is 0.0469. The predicted molar refractivity (Wildman–Crippen MR) is 69.1 cm³/mol. The first kappa shape index (κ1) is 13.1. The van der Waals surface area contributed by atoms with Crippen LogP contribution < -0.4 is 5.56 Å². The zero-order valence-electron chi connectivity index (χ0n) is 11.1. The quantitative estimate of drug-likeness (QED) is 0.860. The molecule has 2 heterocycles. The summed E-state index contributed by atoms with van der Waals surface area (Å²) >= 11 is 0. The summed E-state index contributed by atoms with van der Waals surface area (Å²) in [5, 5.41) is 0. The molecule has 5 nitrogen and oxygen atoms in total. The molecule has 0 saturated carbocycles. The second-order valence-electron chi connectivity index (χ2n) is 4.40. The second-order valence-corrected chi connectivity index (χ2v) is 4.40. The average molecular weight is 261 g/mol. The standard InChI is InChI=1S/C14H15NO4/c1-8-4-5-12(13(16)15-8)14(17)18-7-11-6-9(2)19-10(11)3/h4-6H,7H2,1-3H3,(H,15,16). The Morgan fingerprint density at radius 1 is 1.32 bits per heavy atom. The summed E-state index contributed by atoms with van der Waals surface area (Å²) in [6, 6.07) is 4.93. The van der Waals surface area contributed by atoms with Crippen molar-refractivity contribution >= 4 is 5.97 Å². The van der Waals surface area contributed by atoms with E-state index >= 15 is 0 Å². The van der Waals surface area contributed by atoms with Crippen LogP contribution in [-0.4, -0.2) is 11.0 Å². The van der Waals surface area contributed by atoms with Crippen molar-refractivity contribution in [1.29, 1.82) is 0 Å². The van der Waals surface area contributed by atoms with Crippen molar-refractivity contribution in [2.24, 2.45) is 0 Å². The Labute approximate surface area is 110 Å². The van der Waals surface area contributed by atoms with Gasteiger partial charge in [0.2, 0.25) is 0 Å². The van der Waals surface area contributed by atoms with E-state index in [0.717, 1.165) is 11.3 Å². The van der Waals surface area contributed by atoms with E-state index < -0.39 is 11.5 Å². The molecule has 0 spiro atoms. The normalized spacial score (nSPS) is 10.5. The Morgan fingerprint density at radius 2 is 2.05 bits per heavy atom. The second kappa shape index (κ2) is 5.14. The fraction of sp³-hybridized carbons (Fsp3) is 0.286. The molecule has 5 heteroatoms. The van der Waals surface area contributed by atoms with Crippen LogP contribution in [0, 0.1) is 20.8 Å². The fourth-order valence-electron chi connectivity index (χ4n) is 1.78. The molecular formula is C14H15NO4. The number of nitrogens with one attached hydrogen (secondary N) is 1. The number of hydrogen-bond acceptors (Lipinski definition) is 4. The minimum Gasteiger partial charge on any atom is -0.466 e. The van der Waals surface area contributed by atoms with Crippen molar-refractivity contribution in [2.45, 2.75) is 27.4 Å². The highest BCUT2D eigenvalue weighted by Gasteiger charge is 2.13. The number of carbonyl (C=O) groups is 1. The summed E-state index contributed by atoms with van der Waals surface area (Å²) in [7, 11) is 0. The highest BCUT2D eigenvalue weighted by atomic mass is 16.5. The minimum absolute atomic E-state index is 0.00321. The largest absolute Gasteiger partial charge is 0.466 e. The predicted octanol–water partition coefficient (Wildman–Crippen LogP) is 2.25. The van der Waals surface area contributed by atoms with E-state index in [1.807, 2.05) is 13.0 Å². The molecule has 0 amide bonds. The monoisotopic (exact) mass is 261 g/mol. The van der Waals surface area contributed by atoms with Gasteiger partial charge in [-0.2, -0.15) is 0 Å². The first-order chi connectivity index (χ1) is 8.97. The smallest absolute Gasteiger partial charge is 0.344 e. The molecule has 0 aliphatic rings. The lowest BCUT2D eigenvalue weighted by Gasteiger charge is -2.03. The Kier molecular flexibility index (Phi) is 3.55. The summed E-state index contributed by atoms with van der Waals surface area (Å²) < 4.78 is 10.4. The van der Waals surface area contributed by atoms with E-state index in [0.29, 0.717) is 11.5 Å². The summed E-state index contributed by atoms with van der Waals surface area (Å²) in [6.45, 7) is 5.46. The Bertz CT molecular complexity index is 666. The van der Waals surface area contributed by atoms with Crippen LogP contribution in [0.3, 0.4) is 0 Å². The molecular weight excluding hydrogens is 246 g/mol. The van der Waals surface area contributed by atoms with Crippen molar-refractivity contribution < 1.29 is 13.9 Å². The van der Waals surface area contributed by atoms with Crippen LogP contribution in [0.5, 0.6) is 0 Å². The number of H-pyrrole nitrogens is 1. The molecule has 100 valence electrons. The molecule has 0 radical (unpaired) electrons. The Balaban J connectivity index is 2.09. The lowest BCUT2D eigenvalue weighted by atomic mass is 10.2. The zero-order chi connectivity index (χ0) is 14.0.